The van der Waals surface area contributed by atoms with E-state index >= 15 is 0 Å². The fraction of sp³-hybridized carbons (Fsp3) is 0.357. The summed E-state index contributed by atoms with van der Waals surface area (Å²) in [6.45, 7) is 0. The van der Waals surface area contributed by atoms with Crippen molar-refractivity contribution in [3.63, 3.8) is 0 Å². The highest BCUT2D eigenvalue weighted by Crippen LogP contribution is 2.14. The van der Waals surface area contributed by atoms with E-state index in [0.717, 1.165) is 0 Å². The van der Waals surface area contributed by atoms with Crippen molar-refractivity contribution >= 4 is 23.9 Å². The fourth-order valence-corrected chi connectivity index (χ4v) is 1.81. The molecule has 0 spiro atoms. The molecule has 9 heteroatoms. The summed E-state index contributed by atoms with van der Waals surface area (Å²) in [5.41, 5.74) is 8.56. The smallest absolute Gasteiger partial charge is 0.326 e. The van der Waals surface area contributed by atoms with Crippen LogP contribution in [0.5, 0.6) is 0 Å². The molecule has 0 aromatic carbocycles. The molecule has 0 unspecified atom stereocenters. The lowest BCUT2D eigenvalue weighted by molar-refractivity contribution is -0.144. The summed E-state index contributed by atoms with van der Waals surface area (Å²) in [4.78, 5) is 41.1. The van der Waals surface area contributed by atoms with Gasteiger partial charge >= 0.3 is 12.2 Å². The number of aromatic nitrogens is 1. The number of carbonyl (C=O) groups excluding carboxylic acids is 2. The second-order valence-electron chi connectivity index (χ2n) is 4.52. The van der Waals surface area contributed by atoms with Crippen molar-refractivity contribution in [1.29, 1.82) is 0 Å². The first kappa shape index (κ1) is 18.1. The number of amides is 1. The lowest BCUT2D eigenvalue weighted by Gasteiger charge is -2.18. The highest BCUT2D eigenvalue weighted by Gasteiger charge is 2.27. The molecule has 23 heavy (non-hydrogen) atoms. The normalized spacial score (nSPS) is 12.6. The quantitative estimate of drug-likeness (QED) is 0.372. The fourth-order valence-electron chi connectivity index (χ4n) is 1.81. The third-order valence-electron chi connectivity index (χ3n) is 2.93. The number of carboxylic acid groups (broad SMARTS) is 1. The first-order valence-electron chi connectivity index (χ1n) is 6.66. The van der Waals surface area contributed by atoms with E-state index in [1.165, 1.54) is 13.3 Å². The van der Waals surface area contributed by atoms with Gasteiger partial charge in [0.2, 0.25) is 5.78 Å². The van der Waals surface area contributed by atoms with Gasteiger partial charge in [-0.2, -0.15) is 4.79 Å². The molecule has 1 rings (SSSR count). The summed E-state index contributed by atoms with van der Waals surface area (Å²) in [6.07, 6.45) is 0.753. The summed E-state index contributed by atoms with van der Waals surface area (Å²) in [5, 5.41) is 11.4. The Morgan fingerprint density at radius 1 is 1.48 bits per heavy atom. The van der Waals surface area contributed by atoms with Crippen LogP contribution in [0.1, 0.15) is 24.6 Å². The summed E-state index contributed by atoms with van der Waals surface area (Å²) >= 11 is 0. The SMILES string of the molecule is CO[C@@H](C(=O)N[C@@H](CCC(=O)C=[N+]=[N-])C(=O)O)c1ccccn1. The molecule has 0 aliphatic carbocycles. The Bertz CT molecular complexity index is 613. The molecule has 9 nitrogen and oxygen atoms in total. The van der Waals surface area contributed by atoms with E-state index in [-0.39, 0.29) is 12.8 Å². The van der Waals surface area contributed by atoms with Gasteiger partial charge in [-0.05, 0) is 18.6 Å². The topological polar surface area (TPSA) is 142 Å². The lowest BCUT2D eigenvalue weighted by Crippen LogP contribution is -2.43. The van der Waals surface area contributed by atoms with Crippen molar-refractivity contribution < 1.29 is 29.0 Å². The molecular formula is C14H16N4O5. The van der Waals surface area contributed by atoms with Gasteiger partial charge in [-0.15, -0.1) is 0 Å². The number of rotatable bonds is 9. The van der Waals surface area contributed by atoms with Gasteiger partial charge in [0.15, 0.2) is 6.10 Å². The third-order valence-corrected chi connectivity index (χ3v) is 2.93. The number of methoxy groups -OCH3 is 1. The molecule has 0 radical (unpaired) electrons. The van der Waals surface area contributed by atoms with Crippen LogP contribution in [0.3, 0.4) is 0 Å². The van der Waals surface area contributed by atoms with Crippen LogP contribution < -0.4 is 5.32 Å². The van der Waals surface area contributed by atoms with Crippen molar-refractivity contribution in [2.24, 2.45) is 0 Å². The highest BCUT2D eigenvalue weighted by atomic mass is 16.5. The summed E-state index contributed by atoms with van der Waals surface area (Å²) < 4.78 is 5.05. The molecule has 2 N–H and O–H groups in total. The Morgan fingerprint density at radius 3 is 2.74 bits per heavy atom. The second-order valence-corrected chi connectivity index (χ2v) is 4.52. The van der Waals surface area contributed by atoms with E-state index in [4.69, 9.17) is 15.4 Å². The number of hydrogen-bond donors (Lipinski definition) is 2. The predicted octanol–water partition coefficient (Wildman–Crippen LogP) is -0.0116. The zero-order chi connectivity index (χ0) is 17.2. The zero-order valence-electron chi connectivity index (χ0n) is 12.4. The Morgan fingerprint density at radius 2 is 2.22 bits per heavy atom. The molecule has 0 aliphatic heterocycles. The van der Waals surface area contributed by atoms with Gasteiger partial charge in [-0.3, -0.25) is 14.6 Å². The molecule has 1 aromatic rings. The minimum Gasteiger partial charge on any atom is -0.480 e. The van der Waals surface area contributed by atoms with Crippen LogP contribution in [0.15, 0.2) is 24.4 Å². The van der Waals surface area contributed by atoms with Gasteiger partial charge in [-0.1, -0.05) is 6.07 Å². The second kappa shape index (κ2) is 9.19. The predicted molar refractivity (Wildman–Crippen MR) is 77.5 cm³/mol. The molecule has 0 saturated carbocycles. The highest BCUT2D eigenvalue weighted by molar-refractivity contribution is 6.25. The maximum absolute atomic E-state index is 12.2. The lowest BCUT2D eigenvalue weighted by atomic mass is 10.1. The van der Waals surface area contributed by atoms with Crippen molar-refractivity contribution in [3.05, 3.63) is 35.6 Å². The molecule has 1 aromatic heterocycles. The van der Waals surface area contributed by atoms with Crippen molar-refractivity contribution in [1.82, 2.24) is 10.3 Å². The molecule has 1 heterocycles. The average Bonchev–Trinajstić information content (AvgIpc) is 2.53. The molecule has 0 fully saturated rings. The molecule has 122 valence electrons. The summed E-state index contributed by atoms with van der Waals surface area (Å²) in [5.74, 6) is -2.52. The van der Waals surface area contributed by atoms with Crippen LogP contribution in [-0.4, -0.2) is 51.9 Å². The van der Waals surface area contributed by atoms with E-state index in [2.05, 4.69) is 15.1 Å². The Hall–Kier alpha value is -2.90. The van der Waals surface area contributed by atoms with Gasteiger partial charge in [-0.25, -0.2) is 4.79 Å². The minimum atomic E-state index is -1.29. The molecule has 0 bridgehead atoms. The van der Waals surface area contributed by atoms with Gasteiger partial charge in [0.1, 0.15) is 6.04 Å². The van der Waals surface area contributed by atoms with E-state index in [0.29, 0.717) is 11.9 Å². The number of hydrogen-bond acceptors (Lipinski definition) is 5. The number of nitrogens with zero attached hydrogens (tertiary/aromatic N) is 3. The van der Waals surface area contributed by atoms with Crippen molar-refractivity contribution in [2.75, 3.05) is 7.11 Å². The maximum Gasteiger partial charge on any atom is 0.326 e. The number of carbonyl (C=O) groups is 3. The van der Waals surface area contributed by atoms with E-state index in [1.54, 1.807) is 18.2 Å². The number of aliphatic carboxylic acids is 1. The number of pyridine rings is 1. The van der Waals surface area contributed by atoms with Gasteiger partial charge < -0.3 is 20.7 Å². The molecular weight excluding hydrogens is 304 g/mol. The monoisotopic (exact) mass is 320 g/mol. The van der Waals surface area contributed by atoms with Crippen LogP contribution in [0.25, 0.3) is 5.53 Å². The van der Waals surface area contributed by atoms with Gasteiger partial charge in [0.25, 0.3) is 5.91 Å². The standard InChI is InChI=1S/C14H16N4O5/c1-23-12(10-4-2-3-7-16-10)13(20)18-11(14(21)22)6-5-9(19)8-17-15/h2-4,7-8,11-12H,5-6H2,1H3,(H,18,20)(H,21,22)/t11-,12+/m0/s1. The Kier molecular flexibility index (Phi) is 7.25. The number of Topliss-reactive ketones (excluding diaryl/α,β-unsaturated/α-hetero) is 1. The van der Waals surface area contributed by atoms with Crippen LogP contribution in [0.4, 0.5) is 0 Å². The maximum atomic E-state index is 12.2. The number of ketones is 1. The van der Waals surface area contributed by atoms with Crippen molar-refractivity contribution in [3.8, 4) is 0 Å². The molecule has 1 amide bonds. The minimum absolute atomic E-state index is 0.148. The summed E-state index contributed by atoms with van der Waals surface area (Å²) in [7, 11) is 1.30. The molecule has 0 aliphatic rings. The molecule has 0 saturated heterocycles. The number of nitrogens with one attached hydrogen (secondary N) is 1. The van der Waals surface area contributed by atoms with Crippen molar-refractivity contribution in [2.45, 2.75) is 25.0 Å². The van der Waals surface area contributed by atoms with Gasteiger partial charge in [0.05, 0.1) is 5.69 Å². The van der Waals surface area contributed by atoms with E-state index in [1.807, 2.05) is 0 Å². The first-order valence-corrected chi connectivity index (χ1v) is 6.66. The largest absolute Gasteiger partial charge is 0.480 e. The Balaban J connectivity index is 2.74. The first-order chi connectivity index (χ1) is 11.0. The van der Waals surface area contributed by atoms with Crippen LogP contribution >= 0.6 is 0 Å². The van der Waals surface area contributed by atoms with E-state index < -0.39 is 29.8 Å². The zero-order valence-corrected chi connectivity index (χ0v) is 12.4. The van der Waals surface area contributed by atoms with Crippen LogP contribution in [0, 0.1) is 0 Å². The number of carboxylic acids is 1. The summed E-state index contributed by atoms with van der Waals surface area (Å²) in [6, 6.07) is 3.64. The third kappa shape index (κ3) is 5.77. The number of ether oxygens (including phenoxy) is 1. The van der Waals surface area contributed by atoms with Gasteiger partial charge in [0, 0.05) is 19.7 Å². The molecule has 2 atom stereocenters. The average molecular weight is 320 g/mol. The van der Waals surface area contributed by atoms with Crippen LogP contribution in [0.2, 0.25) is 0 Å². The Labute approximate surface area is 131 Å². The van der Waals surface area contributed by atoms with Crippen LogP contribution in [-0.2, 0) is 19.1 Å². The van der Waals surface area contributed by atoms with E-state index in [9.17, 15) is 14.4 Å².